The molecule has 0 aliphatic heterocycles. The van der Waals surface area contributed by atoms with Crippen molar-refractivity contribution in [3.05, 3.63) is 0 Å². The molecule has 0 aliphatic rings. The lowest BCUT2D eigenvalue weighted by Gasteiger charge is -2.20. The summed E-state index contributed by atoms with van der Waals surface area (Å²) in [4.78, 5) is 48.5. The summed E-state index contributed by atoms with van der Waals surface area (Å²) >= 11 is 0. The Morgan fingerprint density at radius 3 is 0.643 bits per heavy atom. The van der Waals surface area contributed by atoms with Gasteiger partial charge in [-0.15, -0.1) is 0 Å². The number of methoxy groups -OCH3 is 1. The summed E-state index contributed by atoms with van der Waals surface area (Å²) in [5, 5.41) is 2.62. The number of esters is 2. The summed E-state index contributed by atoms with van der Waals surface area (Å²) in [5.41, 5.74) is 0. The summed E-state index contributed by atoms with van der Waals surface area (Å²) in [6.45, 7) is 25.8. The Balaban J connectivity index is 3.63. The van der Waals surface area contributed by atoms with Gasteiger partial charge < -0.3 is 138 Å². The van der Waals surface area contributed by atoms with Crippen molar-refractivity contribution in [1.82, 2.24) is 5.32 Å². The maximum absolute atomic E-state index is 12.9. The molecule has 35 nitrogen and oxygen atoms in total. The van der Waals surface area contributed by atoms with E-state index in [-0.39, 0.29) is 58.1 Å². The fraction of sp³-hybridized carbons (Fsp3) is 0.968. The van der Waals surface area contributed by atoms with Gasteiger partial charge in [0.1, 0.15) is 6.61 Å². The Morgan fingerprint density at radius 1 is 0.233 bits per heavy atom. The smallest absolute Gasteiger partial charge is 0.462 e. The van der Waals surface area contributed by atoms with Crippen LogP contribution in [0.25, 0.3) is 0 Å². The predicted molar refractivity (Wildman–Crippen MR) is 491 cm³/mol. The number of amides is 1. The second-order valence-corrected chi connectivity index (χ2v) is 32.0. The molecule has 0 aromatic carbocycles. The van der Waals surface area contributed by atoms with Crippen LogP contribution in [0.15, 0.2) is 0 Å². The van der Waals surface area contributed by atoms with Crippen LogP contribution >= 0.6 is 7.82 Å². The highest BCUT2D eigenvalue weighted by Gasteiger charge is 2.26. The van der Waals surface area contributed by atoms with Crippen molar-refractivity contribution < 1.29 is 161 Å². The van der Waals surface area contributed by atoms with Crippen molar-refractivity contribution >= 4 is 25.7 Å². The van der Waals surface area contributed by atoms with Gasteiger partial charge in [0.15, 0.2) is 6.10 Å². The van der Waals surface area contributed by atoms with E-state index in [1.165, 1.54) is 141 Å². The molecular weight excluding hydrogens is 1710 g/mol. The molecule has 0 fully saturated rings. The average molecular weight is 1890 g/mol. The molecule has 0 aromatic heterocycles. The maximum Gasteiger partial charge on any atom is 0.472 e. The molecule has 36 heteroatoms. The second kappa shape index (κ2) is 113. The summed E-state index contributed by atoms with van der Waals surface area (Å²) in [6, 6.07) is 0. The molecule has 0 spiro atoms. The minimum Gasteiger partial charge on any atom is -0.462 e. The lowest BCUT2D eigenvalue weighted by Crippen LogP contribution is -2.30. The van der Waals surface area contributed by atoms with Gasteiger partial charge >= 0.3 is 19.8 Å². The highest BCUT2D eigenvalue weighted by Crippen LogP contribution is 2.43. The molecule has 0 saturated carbocycles. The SMILES string of the molecule is CCCCCCCCCCCCCCCCCC(=O)OC[C@H](COP(=O)(O)OCCNC(=O)CCOCCOCCOCCOCCOCCOCCOCCOCCOCCOCCOCCOCCOCCOCCOCCOCCOCCOCCOCCOCCOCCOCCOCCOCCOC)OC(=O)CCCCCCCCCCCCCCCCC. The van der Waals surface area contributed by atoms with Crippen LogP contribution in [0.2, 0.25) is 0 Å². The van der Waals surface area contributed by atoms with Gasteiger partial charge in [-0.2, -0.15) is 0 Å². The Hall–Kier alpha value is -2.48. The number of ether oxygens (including phenoxy) is 27. The van der Waals surface area contributed by atoms with E-state index in [0.717, 1.165) is 38.5 Å². The van der Waals surface area contributed by atoms with Crippen LogP contribution in [0.3, 0.4) is 0 Å². The number of phosphoric acid groups is 1. The van der Waals surface area contributed by atoms with Crippen molar-refractivity contribution in [2.45, 2.75) is 232 Å². The van der Waals surface area contributed by atoms with Crippen molar-refractivity contribution in [3.63, 3.8) is 0 Å². The fourth-order valence-corrected chi connectivity index (χ4v) is 12.8. The first kappa shape index (κ1) is 127. The third kappa shape index (κ3) is 112. The maximum atomic E-state index is 12.9. The van der Waals surface area contributed by atoms with Gasteiger partial charge in [0.25, 0.3) is 0 Å². The third-order valence-electron chi connectivity index (χ3n) is 19.3. The Morgan fingerprint density at radius 2 is 0.426 bits per heavy atom. The number of carbonyl (C=O) groups excluding carboxylic acids is 3. The molecule has 1 amide bonds. The first-order chi connectivity index (χ1) is 63.7. The van der Waals surface area contributed by atoms with Crippen molar-refractivity contribution in [2.75, 3.05) is 357 Å². The Bertz CT molecular complexity index is 2220. The number of phosphoric ester groups is 1. The number of hydrogen-bond acceptors (Lipinski definition) is 33. The number of hydrogen-bond donors (Lipinski definition) is 2. The van der Waals surface area contributed by atoms with Crippen LogP contribution in [0.1, 0.15) is 226 Å². The standard InChI is InChI=1S/C93H184NO34P/c1-4-6-8-10-12-14-16-18-20-22-24-26-28-30-32-34-92(96)125-88-90(128-93(97)35-33-31-29-27-25-23-21-19-17-15-13-11-9-7-5-2)89-127-129(98,99)126-39-37-94-91(95)36-38-101-42-43-103-46-47-105-50-51-107-54-55-109-58-59-111-62-63-113-66-67-115-70-71-117-74-75-119-78-79-121-82-83-123-86-87-124-85-84-122-81-80-120-77-76-118-73-72-116-69-68-114-65-64-112-61-60-110-57-56-108-53-52-106-49-48-104-45-44-102-41-40-100-3/h90H,4-89H2,1-3H3,(H,94,95)(H,98,99)/t90-/m1/s1. The molecule has 129 heavy (non-hydrogen) atoms. The molecule has 2 atom stereocenters. The van der Waals surface area contributed by atoms with Crippen molar-refractivity contribution in [1.29, 1.82) is 0 Å². The summed E-state index contributed by atoms with van der Waals surface area (Å²) < 4.78 is 172. The molecule has 0 bridgehead atoms. The Labute approximate surface area is 777 Å². The van der Waals surface area contributed by atoms with Gasteiger partial charge in [-0.3, -0.25) is 23.4 Å². The lowest BCUT2D eigenvalue weighted by molar-refractivity contribution is -0.161. The molecule has 2 N–H and O–H groups in total. The minimum absolute atomic E-state index is 0.0577. The number of unbranched alkanes of at least 4 members (excludes halogenated alkanes) is 28. The topological polar surface area (TPSA) is 368 Å². The van der Waals surface area contributed by atoms with E-state index in [9.17, 15) is 23.8 Å². The van der Waals surface area contributed by atoms with Gasteiger partial charge in [0.05, 0.1) is 337 Å². The minimum atomic E-state index is -4.63. The van der Waals surface area contributed by atoms with E-state index in [4.69, 9.17) is 137 Å². The molecule has 1 unspecified atom stereocenters. The molecule has 0 heterocycles. The number of rotatable bonds is 117. The van der Waals surface area contributed by atoms with Crippen LogP contribution < -0.4 is 5.32 Å². The molecule has 0 saturated heterocycles. The van der Waals surface area contributed by atoms with Crippen LogP contribution in [0.5, 0.6) is 0 Å². The summed E-state index contributed by atoms with van der Waals surface area (Å²) in [5.74, 6) is -1.26. The van der Waals surface area contributed by atoms with Crippen LogP contribution in [-0.2, 0) is 156 Å². The zero-order chi connectivity index (χ0) is 92.8. The molecule has 0 radical (unpaired) electrons. The summed E-state index contributed by atoms with van der Waals surface area (Å²) in [6.07, 6.45) is 35.8. The first-order valence-corrected chi connectivity index (χ1v) is 50.8. The van der Waals surface area contributed by atoms with E-state index >= 15 is 0 Å². The quantitative estimate of drug-likeness (QED) is 0.0324. The van der Waals surface area contributed by atoms with E-state index < -0.39 is 32.5 Å². The normalized spacial score (nSPS) is 12.4. The second-order valence-electron chi connectivity index (χ2n) is 30.6. The highest BCUT2D eigenvalue weighted by molar-refractivity contribution is 7.47. The van der Waals surface area contributed by atoms with E-state index in [0.29, 0.717) is 323 Å². The van der Waals surface area contributed by atoms with Gasteiger partial charge in [0, 0.05) is 32.9 Å². The fourth-order valence-electron chi connectivity index (χ4n) is 12.0. The van der Waals surface area contributed by atoms with E-state index in [2.05, 4.69) is 19.2 Å². The zero-order valence-corrected chi connectivity index (χ0v) is 81.6. The van der Waals surface area contributed by atoms with Gasteiger partial charge in [-0.05, 0) is 12.8 Å². The molecule has 0 aliphatic carbocycles. The van der Waals surface area contributed by atoms with Gasteiger partial charge in [-0.25, -0.2) is 4.57 Å². The number of carbonyl (C=O) groups is 3. The van der Waals surface area contributed by atoms with Gasteiger partial charge in [-0.1, -0.05) is 194 Å². The molecular formula is C93H184NO34P. The van der Waals surface area contributed by atoms with Crippen LogP contribution in [0, 0.1) is 0 Å². The Kier molecular flexibility index (Phi) is 110. The van der Waals surface area contributed by atoms with E-state index in [1.807, 2.05) is 0 Å². The van der Waals surface area contributed by atoms with Gasteiger partial charge in [0.2, 0.25) is 5.91 Å². The van der Waals surface area contributed by atoms with Crippen LogP contribution in [-0.4, -0.2) is 386 Å². The molecule has 0 rings (SSSR count). The average Bonchev–Trinajstić information content (AvgIpc) is 0.905. The monoisotopic (exact) mass is 1890 g/mol. The van der Waals surface area contributed by atoms with E-state index in [1.54, 1.807) is 7.11 Å². The summed E-state index contributed by atoms with van der Waals surface area (Å²) in [7, 11) is -2.99. The highest BCUT2D eigenvalue weighted by atomic mass is 31.2. The molecule has 770 valence electrons. The first-order valence-electron chi connectivity index (χ1n) is 49.3. The number of nitrogens with one attached hydrogen (secondary N) is 1. The predicted octanol–water partition coefficient (Wildman–Crippen LogP) is 12.6. The largest absolute Gasteiger partial charge is 0.472 e. The van der Waals surface area contributed by atoms with Crippen molar-refractivity contribution in [3.8, 4) is 0 Å². The lowest BCUT2D eigenvalue weighted by atomic mass is 10.0. The zero-order valence-electron chi connectivity index (χ0n) is 80.8. The molecule has 0 aromatic rings. The third-order valence-corrected chi connectivity index (χ3v) is 20.2. The van der Waals surface area contributed by atoms with Crippen molar-refractivity contribution in [2.24, 2.45) is 0 Å². The van der Waals surface area contributed by atoms with Crippen LogP contribution in [0.4, 0.5) is 0 Å².